The number of urea groups is 1. The van der Waals surface area contributed by atoms with Gasteiger partial charge >= 0.3 is 6.03 Å². The van der Waals surface area contributed by atoms with E-state index in [0.717, 1.165) is 45.2 Å². The molecule has 0 aliphatic heterocycles. The number of aromatic nitrogens is 1. The third-order valence-electron chi connectivity index (χ3n) is 5.74. The highest BCUT2D eigenvalue weighted by Crippen LogP contribution is 2.25. The fourth-order valence-corrected chi connectivity index (χ4v) is 4.29. The quantitative estimate of drug-likeness (QED) is 0.196. The third-order valence-corrected chi connectivity index (χ3v) is 6.32. The van der Waals surface area contributed by atoms with Crippen LogP contribution in [0.4, 0.5) is 10.5 Å². The van der Waals surface area contributed by atoms with Crippen molar-refractivity contribution in [1.29, 1.82) is 0 Å². The third kappa shape index (κ3) is 6.08. The van der Waals surface area contributed by atoms with Crippen molar-refractivity contribution in [3.05, 3.63) is 111 Å². The number of rotatable bonds is 7. The monoisotopic (exact) mass is 520 g/mol. The van der Waals surface area contributed by atoms with Crippen LogP contribution in [-0.2, 0) is 6.61 Å². The summed E-state index contributed by atoms with van der Waals surface area (Å²) in [6.45, 7) is 6.31. The molecule has 0 fully saturated rings. The summed E-state index contributed by atoms with van der Waals surface area (Å²) in [5.74, 6) is 0.734. The van der Waals surface area contributed by atoms with Gasteiger partial charge in [-0.3, -0.25) is 0 Å². The molecule has 6 nitrogen and oxygen atoms in total. The lowest BCUT2D eigenvalue weighted by Crippen LogP contribution is -2.24. The Morgan fingerprint density at radius 1 is 1.00 bits per heavy atom. The van der Waals surface area contributed by atoms with Gasteiger partial charge in [0.15, 0.2) is 0 Å². The molecule has 36 heavy (non-hydrogen) atoms. The SMILES string of the molecule is Cc1ccccc1NC(=O)NN=Cc1cc(C)n(-c2ccc(OCc3ccc(Cl)cc3Cl)cc2)c1C. The smallest absolute Gasteiger partial charge is 0.339 e. The summed E-state index contributed by atoms with van der Waals surface area (Å²) in [6.07, 6.45) is 1.64. The van der Waals surface area contributed by atoms with Crippen molar-refractivity contribution >= 4 is 41.1 Å². The number of hydrogen-bond donors (Lipinski definition) is 2. The number of para-hydroxylation sites is 1. The Morgan fingerprint density at radius 3 is 2.47 bits per heavy atom. The van der Waals surface area contributed by atoms with E-state index in [1.165, 1.54) is 0 Å². The van der Waals surface area contributed by atoms with Gasteiger partial charge in [0.1, 0.15) is 12.4 Å². The number of ether oxygens (including phenoxy) is 1. The summed E-state index contributed by atoms with van der Waals surface area (Å²) in [6, 6.07) is 22.4. The Labute approximate surface area is 220 Å². The Balaban J connectivity index is 1.40. The first-order valence-electron chi connectivity index (χ1n) is 11.3. The lowest BCUT2D eigenvalue weighted by Gasteiger charge is -2.12. The first-order valence-corrected chi connectivity index (χ1v) is 12.1. The number of nitrogens with zero attached hydrogens (tertiary/aromatic N) is 2. The Kier molecular flexibility index (Phi) is 7.98. The minimum atomic E-state index is -0.398. The zero-order valence-electron chi connectivity index (χ0n) is 20.2. The van der Waals surface area contributed by atoms with Gasteiger partial charge in [0, 0.05) is 43.9 Å². The Hall–Kier alpha value is -3.74. The van der Waals surface area contributed by atoms with Crippen LogP contribution in [0.5, 0.6) is 5.75 Å². The Bertz CT molecular complexity index is 1410. The normalized spacial score (nSPS) is 11.0. The molecule has 0 atom stereocenters. The molecule has 0 unspecified atom stereocenters. The number of carbonyl (C=O) groups excluding carboxylic acids is 1. The molecular formula is C28H26Cl2N4O2. The molecule has 3 aromatic carbocycles. The van der Waals surface area contributed by atoms with E-state index in [1.54, 1.807) is 18.3 Å². The fourth-order valence-electron chi connectivity index (χ4n) is 3.83. The first kappa shape index (κ1) is 25.4. The molecule has 0 aliphatic carbocycles. The van der Waals surface area contributed by atoms with Crippen LogP contribution in [0.3, 0.4) is 0 Å². The number of halogens is 2. The van der Waals surface area contributed by atoms with Crippen LogP contribution < -0.4 is 15.5 Å². The summed E-state index contributed by atoms with van der Waals surface area (Å²) in [5.41, 5.74) is 9.05. The van der Waals surface area contributed by atoms with Crippen LogP contribution in [0.25, 0.3) is 5.69 Å². The molecule has 0 aliphatic rings. The number of nitrogens with one attached hydrogen (secondary N) is 2. The molecule has 0 saturated carbocycles. The van der Waals surface area contributed by atoms with E-state index < -0.39 is 6.03 Å². The van der Waals surface area contributed by atoms with Gasteiger partial charge in [0.05, 0.1) is 6.21 Å². The van der Waals surface area contributed by atoms with Crippen molar-refractivity contribution < 1.29 is 9.53 Å². The van der Waals surface area contributed by atoms with Crippen molar-refractivity contribution in [2.75, 3.05) is 5.32 Å². The minimum absolute atomic E-state index is 0.349. The van der Waals surface area contributed by atoms with Gasteiger partial charge < -0.3 is 14.6 Å². The molecule has 0 bridgehead atoms. The molecule has 2 amide bonds. The molecule has 4 rings (SSSR count). The highest BCUT2D eigenvalue weighted by Gasteiger charge is 2.10. The predicted octanol–water partition coefficient (Wildman–Crippen LogP) is 7.44. The molecule has 0 spiro atoms. The standard InChI is InChI=1S/C28H26Cl2N4O2/c1-18-6-4-5-7-27(18)32-28(35)33-31-16-22-14-19(2)34(20(22)3)24-10-12-25(13-11-24)36-17-21-8-9-23(29)15-26(21)30/h4-16H,17H2,1-3H3,(H2,32,33,35). The van der Waals surface area contributed by atoms with Gasteiger partial charge in [-0.25, -0.2) is 10.2 Å². The second kappa shape index (κ2) is 11.3. The molecule has 0 radical (unpaired) electrons. The van der Waals surface area contributed by atoms with Crippen molar-refractivity contribution in [3.8, 4) is 11.4 Å². The zero-order chi connectivity index (χ0) is 25.7. The number of hydrazone groups is 1. The summed E-state index contributed by atoms with van der Waals surface area (Å²) in [5, 5.41) is 8.08. The molecule has 1 aromatic heterocycles. The fraction of sp³-hybridized carbons (Fsp3) is 0.143. The second-order valence-electron chi connectivity index (χ2n) is 8.32. The highest BCUT2D eigenvalue weighted by molar-refractivity contribution is 6.35. The summed E-state index contributed by atoms with van der Waals surface area (Å²) in [7, 11) is 0. The highest BCUT2D eigenvalue weighted by atomic mass is 35.5. The van der Waals surface area contributed by atoms with Gasteiger partial charge in [-0.15, -0.1) is 0 Å². The summed E-state index contributed by atoms with van der Waals surface area (Å²) in [4.78, 5) is 12.2. The van der Waals surface area contributed by atoms with Gasteiger partial charge in [0.2, 0.25) is 0 Å². The number of aryl methyl sites for hydroxylation is 2. The molecule has 184 valence electrons. The van der Waals surface area contributed by atoms with Crippen LogP contribution in [0.2, 0.25) is 10.0 Å². The van der Waals surface area contributed by atoms with Crippen LogP contribution in [0, 0.1) is 20.8 Å². The lowest BCUT2D eigenvalue weighted by atomic mass is 10.2. The van der Waals surface area contributed by atoms with Gasteiger partial charge in [-0.1, -0.05) is 47.5 Å². The van der Waals surface area contributed by atoms with Crippen LogP contribution >= 0.6 is 23.2 Å². The Morgan fingerprint density at radius 2 is 1.75 bits per heavy atom. The number of benzene rings is 3. The van der Waals surface area contributed by atoms with E-state index in [2.05, 4.69) is 20.4 Å². The van der Waals surface area contributed by atoms with Crippen LogP contribution in [-0.4, -0.2) is 16.8 Å². The van der Waals surface area contributed by atoms with E-state index in [1.807, 2.05) is 81.4 Å². The second-order valence-corrected chi connectivity index (χ2v) is 9.16. The maximum Gasteiger partial charge on any atom is 0.339 e. The zero-order valence-corrected chi connectivity index (χ0v) is 21.7. The van der Waals surface area contributed by atoms with E-state index >= 15 is 0 Å². The van der Waals surface area contributed by atoms with Gasteiger partial charge in [-0.05, 0) is 74.9 Å². The first-order chi connectivity index (χ1) is 17.3. The van der Waals surface area contributed by atoms with Crippen molar-refractivity contribution in [1.82, 2.24) is 9.99 Å². The van der Waals surface area contributed by atoms with Crippen molar-refractivity contribution in [2.45, 2.75) is 27.4 Å². The van der Waals surface area contributed by atoms with E-state index in [4.69, 9.17) is 27.9 Å². The van der Waals surface area contributed by atoms with Gasteiger partial charge in [-0.2, -0.15) is 5.10 Å². The van der Waals surface area contributed by atoms with Crippen molar-refractivity contribution in [3.63, 3.8) is 0 Å². The number of carbonyl (C=O) groups is 1. The predicted molar refractivity (Wildman–Crippen MR) is 147 cm³/mol. The van der Waals surface area contributed by atoms with Crippen LogP contribution in [0.15, 0.2) is 77.9 Å². The lowest BCUT2D eigenvalue weighted by molar-refractivity contribution is 0.252. The van der Waals surface area contributed by atoms with Crippen LogP contribution in [0.1, 0.15) is 28.1 Å². The molecule has 2 N–H and O–H groups in total. The maximum absolute atomic E-state index is 12.2. The molecule has 8 heteroatoms. The molecule has 1 heterocycles. The number of amides is 2. The maximum atomic E-state index is 12.2. The topological polar surface area (TPSA) is 67.7 Å². The van der Waals surface area contributed by atoms with E-state index in [-0.39, 0.29) is 0 Å². The van der Waals surface area contributed by atoms with E-state index in [9.17, 15) is 4.79 Å². The molecule has 0 saturated heterocycles. The number of anilines is 1. The van der Waals surface area contributed by atoms with Crippen molar-refractivity contribution in [2.24, 2.45) is 5.10 Å². The molecule has 4 aromatic rings. The minimum Gasteiger partial charge on any atom is -0.489 e. The largest absolute Gasteiger partial charge is 0.489 e. The number of hydrogen-bond acceptors (Lipinski definition) is 3. The molecular weight excluding hydrogens is 495 g/mol. The average Bonchev–Trinajstić information content (AvgIpc) is 3.13. The average molecular weight is 521 g/mol. The summed E-state index contributed by atoms with van der Waals surface area (Å²) >= 11 is 12.2. The summed E-state index contributed by atoms with van der Waals surface area (Å²) < 4.78 is 8.01. The van der Waals surface area contributed by atoms with Gasteiger partial charge in [0.25, 0.3) is 0 Å². The van der Waals surface area contributed by atoms with E-state index in [0.29, 0.717) is 16.7 Å².